The normalized spacial score (nSPS) is 20.4. The molecule has 5 nitrogen and oxygen atoms in total. The van der Waals surface area contributed by atoms with Crippen LogP contribution in [0.15, 0.2) is 42.7 Å². The second kappa shape index (κ2) is 6.74. The van der Waals surface area contributed by atoms with E-state index in [1.54, 1.807) is 0 Å². The van der Waals surface area contributed by atoms with Gasteiger partial charge in [0.25, 0.3) is 0 Å². The maximum Gasteiger partial charge on any atom is 0.145 e. The molecule has 132 valence electrons. The SMILES string of the molecule is c1cnc2ccc(CN3CCc4nc([C@H]5CCCN5)ncc4C3)cc2c1. The van der Waals surface area contributed by atoms with E-state index in [0.717, 1.165) is 50.4 Å². The van der Waals surface area contributed by atoms with E-state index >= 15 is 0 Å². The number of fused-ring (bicyclic) bond motifs is 2. The summed E-state index contributed by atoms with van der Waals surface area (Å²) in [6.45, 7) is 4.02. The van der Waals surface area contributed by atoms with E-state index in [1.807, 2.05) is 18.5 Å². The minimum absolute atomic E-state index is 0.351. The molecule has 0 bridgehead atoms. The highest BCUT2D eigenvalue weighted by atomic mass is 15.1. The van der Waals surface area contributed by atoms with Gasteiger partial charge in [-0.1, -0.05) is 12.1 Å². The van der Waals surface area contributed by atoms with Gasteiger partial charge in [0.2, 0.25) is 0 Å². The van der Waals surface area contributed by atoms with Crippen molar-refractivity contribution in [2.75, 3.05) is 13.1 Å². The minimum Gasteiger partial charge on any atom is -0.307 e. The number of nitrogens with zero attached hydrogens (tertiary/aromatic N) is 4. The Hall–Kier alpha value is -2.37. The molecule has 0 radical (unpaired) electrons. The Morgan fingerprint density at radius 2 is 2.19 bits per heavy atom. The monoisotopic (exact) mass is 345 g/mol. The van der Waals surface area contributed by atoms with Crippen molar-refractivity contribution in [3.8, 4) is 0 Å². The van der Waals surface area contributed by atoms with Crippen LogP contribution in [-0.4, -0.2) is 32.9 Å². The molecule has 0 spiro atoms. The van der Waals surface area contributed by atoms with Crippen molar-refractivity contribution in [3.05, 3.63) is 65.4 Å². The van der Waals surface area contributed by atoms with Gasteiger partial charge in [-0.05, 0) is 43.1 Å². The minimum atomic E-state index is 0.351. The van der Waals surface area contributed by atoms with Gasteiger partial charge >= 0.3 is 0 Å². The van der Waals surface area contributed by atoms with Crippen molar-refractivity contribution in [1.29, 1.82) is 0 Å². The molecule has 4 heterocycles. The summed E-state index contributed by atoms with van der Waals surface area (Å²) in [4.78, 5) is 16.4. The molecular weight excluding hydrogens is 322 g/mol. The Balaban J connectivity index is 1.31. The molecular formula is C21H23N5. The molecule has 26 heavy (non-hydrogen) atoms. The van der Waals surface area contributed by atoms with Crippen molar-refractivity contribution in [3.63, 3.8) is 0 Å². The van der Waals surface area contributed by atoms with Gasteiger partial charge in [0.05, 0.1) is 11.6 Å². The van der Waals surface area contributed by atoms with Gasteiger partial charge in [0, 0.05) is 55.1 Å². The van der Waals surface area contributed by atoms with Gasteiger partial charge in [-0.25, -0.2) is 9.97 Å². The quantitative estimate of drug-likeness (QED) is 0.791. The molecule has 0 unspecified atom stereocenters. The summed E-state index contributed by atoms with van der Waals surface area (Å²) in [5.74, 6) is 0.983. The lowest BCUT2D eigenvalue weighted by Crippen LogP contribution is -2.31. The Morgan fingerprint density at radius 1 is 1.19 bits per heavy atom. The third-order valence-electron chi connectivity index (χ3n) is 5.48. The highest BCUT2D eigenvalue weighted by molar-refractivity contribution is 5.78. The standard InChI is InChI=1S/C21H23N5/c1-3-16-11-15(5-6-18(16)22-8-1)13-26-10-7-19-17(14-26)12-24-21(25-19)20-4-2-9-23-20/h1,3,5-6,8,11-12,20,23H,2,4,7,9-10,13-14H2/t20-/m1/s1. The number of hydrogen-bond donors (Lipinski definition) is 1. The lowest BCUT2D eigenvalue weighted by Gasteiger charge is -2.28. The lowest BCUT2D eigenvalue weighted by atomic mass is 10.0. The number of aromatic nitrogens is 3. The predicted molar refractivity (Wildman–Crippen MR) is 102 cm³/mol. The number of rotatable bonds is 3. The third kappa shape index (κ3) is 3.08. The van der Waals surface area contributed by atoms with Gasteiger partial charge in [-0.3, -0.25) is 9.88 Å². The molecule has 5 rings (SSSR count). The van der Waals surface area contributed by atoms with Crippen molar-refractivity contribution in [2.24, 2.45) is 0 Å². The van der Waals surface area contributed by atoms with E-state index in [9.17, 15) is 0 Å². The van der Waals surface area contributed by atoms with Crippen LogP contribution in [0.3, 0.4) is 0 Å². The zero-order valence-electron chi connectivity index (χ0n) is 14.9. The third-order valence-corrected chi connectivity index (χ3v) is 5.48. The molecule has 2 aliphatic rings. The van der Waals surface area contributed by atoms with Gasteiger partial charge in [0.1, 0.15) is 5.82 Å². The fourth-order valence-corrected chi connectivity index (χ4v) is 4.08. The van der Waals surface area contributed by atoms with Crippen LogP contribution in [-0.2, 0) is 19.5 Å². The van der Waals surface area contributed by atoms with Gasteiger partial charge in [-0.15, -0.1) is 0 Å². The second-order valence-electron chi connectivity index (χ2n) is 7.34. The van der Waals surface area contributed by atoms with E-state index in [2.05, 4.69) is 44.5 Å². The average Bonchev–Trinajstić information content (AvgIpc) is 3.22. The van der Waals surface area contributed by atoms with Gasteiger partial charge in [0.15, 0.2) is 0 Å². The predicted octanol–water partition coefficient (Wildman–Crippen LogP) is 3.01. The maximum atomic E-state index is 4.87. The summed E-state index contributed by atoms with van der Waals surface area (Å²) in [5, 5.41) is 4.70. The molecule has 3 aromatic rings. The van der Waals surface area contributed by atoms with E-state index < -0.39 is 0 Å². The highest BCUT2D eigenvalue weighted by Crippen LogP contribution is 2.24. The van der Waals surface area contributed by atoms with Crippen LogP contribution in [0.1, 0.15) is 41.5 Å². The summed E-state index contributed by atoms with van der Waals surface area (Å²) < 4.78 is 0. The fourth-order valence-electron chi connectivity index (χ4n) is 4.08. The molecule has 2 aromatic heterocycles. The zero-order chi connectivity index (χ0) is 17.3. The van der Waals surface area contributed by atoms with E-state index in [-0.39, 0.29) is 0 Å². The van der Waals surface area contributed by atoms with Gasteiger partial charge < -0.3 is 5.32 Å². The first-order valence-corrected chi connectivity index (χ1v) is 9.49. The Kier molecular flexibility index (Phi) is 4.11. The number of benzene rings is 1. The molecule has 1 fully saturated rings. The summed E-state index contributed by atoms with van der Waals surface area (Å²) in [6.07, 6.45) is 7.28. The fraction of sp³-hybridized carbons (Fsp3) is 0.381. The van der Waals surface area contributed by atoms with Crippen molar-refractivity contribution < 1.29 is 0 Å². The smallest absolute Gasteiger partial charge is 0.145 e. The van der Waals surface area contributed by atoms with E-state index in [1.165, 1.54) is 28.6 Å². The lowest BCUT2D eigenvalue weighted by molar-refractivity contribution is 0.242. The molecule has 1 aromatic carbocycles. The number of hydrogen-bond acceptors (Lipinski definition) is 5. The van der Waals surface area contributed by atoms with E-state index in [0.29, 0.717) is 6.04 Å². The maximum absolute atomic E-state index is 4.87. The molecule has 5 heteroatoms. The second-order valence-corrected chi connectivity index (χ2v) is 7.34. The van der Waals surface area contributed by atoms with Crippen LogP contribution in [0, 0.1) is 0 Å². The molecule has 0 aliphatic carbocycles. The van der Waals surface area contributed by atoms with Crippen molar-refractivity contribution in [2.45, 2.75) is 38.4 Å². The van der Waals surface area contributed by atoms with Crippen LogP contribution in [0.2, 0.25) is 0 Å². The first-order valence-electron chi connectivity index (χ1n) is 9.49. The van der Waals surface area contributed by atoms with Crippen LogP contribution in [0.25, 0.3) is 10.9 Å². The summed E-state index contributed by atoms with van der Waals surface area (Å²) >= 11 is 0. The number of nitrogens with one attached hydrogen (secondary N) is 1. The summed E-state index contributed by atoms with van der Waals surface area (Å²) in [5.41, 5.74) is 4.91. The molecule has 1 saturated heterocycles. The van der Waals surface area contributed by atoms with E-state index in [4.69, 9.17) is 4.98 Å². The average molecular weight is 345 g/mol. The molecule has 0 amide bonds. The first kappa shape index (κ1) is 15.9. The van der Waals surface area contributed by atoms with Gasteiger partial charge in [-0.2, -0.15) is 0 Å². The largest absolute Gasteiger partial charge is 0.307 e. The zero-order valence-corrected chi connectivity index (χ0v) is 14.9. The highest BCUT2D eigenvalue weighted by Gasteiger charge is 2.23. The number of pyridine rings is 1. The summed E-state index contributed by atoms with van der Waals surface area (Å²) in [6, 6.07) is 11.0. The van der Waals surface area contributed by atoms with Crippen LogP contribution < -0.4 is 5.32 Å². The molecule has 1 atom stereocenters. The van der Waals surface area contributed by atoms with Crippen LogP contribution in [0.4, 0.5) is 0 Å². The molecule has 1 N–H and O–H groups in total. The van der Waals surface area contributed by atoms with Crippen molar-refractivity contribution in [1.82, 2.24) is 25.2 Å². The Labute approximate surface area is 153 Å². The molecule has 0 saturated carbocycles. The summed E-state index contributed by atoms with van der Waals surface area (Å²) in [7, 11) is 0. The first-order chi connectivity index (χ1) is 12.8. The Morgan fingerprint density at radius 3 is 3.12 bits per heavy atom. The molecule has 2 aliphatic heterocycles. The van der Waals surface area contributed by atoms with Crippen LogP contribution in [0.5, 0.6) is 0 Å². The van der Waals surface area contributed by atoms with Crippen molar-refractivity contribution >= 4 is 10.9 Å². The topological polar surface area (TPSA) is 53.9 Å². The van der Waals surface area contributed by atoms with Crippen LogP contribution >= 0.6 is 0 Å². The Bertz CT molecular complexity index is 933.